The summed E-state index contributed by atoms with van der Waals surface area (Å²) in [4.78, 5) is 28.3. The zero-order chi connectivity index (χ0) is 23.4. The number of aromatic amines is 1. The molecule has 4 rings (SSSR count). The van der Waals surface area contributed by atoms with Gasteiger partial charge in [-0.15, -0.1) is 0 Å². The SMILES string of the molecule is C=C1c2[nH]c(Cl)nc2N(CCCCC)C(=O)N1CCCc1nc(Cc2cccc(Cl)c2)no1. The number of hydrogen-bond donors (Lipinski definition) is 1. The number of rotatable bonds is 10. The third kappa shape index (κ3) is 5.39. The van der Waals surface area contributed by atoms with E-state index in [1.165, 1.54) is 0 Å². The lowest BCUT2D eigenvalue weighted by Crippen LogP contribution is -2.47. The van der Waals surface area contributed by atoms with Crippen LogP contribution in [-0.4, -0.2) is 44.1 Å². The molecule has 0 fully saturated rings. The van der Waals surface area contributed by atoms with Crippen molar-refractivity contribution in [1.29, 1.82) is 0 Å². The van der Waals surface area contributed by atoms with E-state index in [1.807, 2.05) is 24.3 Å². The molecule has 1 aliphatic rings. The largest absolute Gasteiger partial charge is 0.339 e. The second kappa shape index (κ2) is 10.4. The van der Waals surface area contributed by atoms with Crippen LogP contribution in [0.3, 0.4) is 0 Å². The second-order valence-corrected chi connectivity index (χ2v) is 8.77. The van der Waals surface area contributed by atoms with Crippen LogP contribution in [0.4, 0.5) is 10.6 Å². The van der Waals surface area contributed by atoms with Crippen molar-refractivity contribution in [2.75, 3.05) is 18.0 Å². The van der Waals surface area contributed by atoms with Crippen LogP contribution in [0.25, 0.3) is 5.70 Å². The Balaban J connectivity index is 1.38. The molecule has 1 aromatic carbocycles. The lowest BCUT2D eigenvalue weighted by atomic mass is 10.1. The highest BCUT2D eigenvalue weighted by molar-refractivity contribution is 6.30. The Morgan fingerprint density at radius 3 is 2.73 bits per heavy atom. The summed E-state index contributed by atoms with van der Waals surface area (Å²) in [6.07, 6.45) is 4.73. The number of fused-ring (bicyclic) bond motifs is 1. The Bertz CT molecular complexity index is 1140. The Morgan fingerprint density at radius 1 is 1.12 bits per heavy atom. The maximum Gasteiger partial charge on any atom is 0.330 e. The molecule has 1 aliphatic heterocycles. The molecule has 2 amide bonds. The smallest absolute Gasteiger partial charge is 0.330 e. The van der Waals surface area contributed by atoms with Gasteiger partial charge in [0.05, 0.1) is 5.70 Å². The van der Waals surface area contributed by atoms with E-state index in [0.717, 1.165) is 24.8 Å². The predicted octanol–water partition coefficient (Wildman–Crippen LogP) is 5.73. The monoisotopic (exact) mass is 488 g/mol. The summed E-state index contributed by atoms with van der Waals surface area (Å²) < 4.78 is 5.39. The number of aryl methyl sites for hydroxylation is 1. The molecule has 3 heterocycles. The van der Waals surface area contributed by atoms with Crippen LogP contribution in [0.1, 0.15) is 55.6 Å². The first-order valence-electron chi connectivity index (χ1n) is 11.1. The second-order valence-electron chi connectivity index (χ2n) is 7.98. The molecule has 0 unspecified atom stereocenters. The molecule has 0 aliphatic carbocycles. The number of urea groups is 1. The van der Waals surface area contributed by atoms with E-state index in [0.29, 0.717) is 66.3 Å². The summed E-state index contributed by atoms with van der Waals surface area (Å²) >= 11 is 12.1. The molecule has 10 heteroatoms. The van der Waals surface area contributed by atoms with Crippen LogP contribution < -0.4 is 4.90 Å². The zero-order valence-corrected chi connectivity index (χ0v) is 20.0. The van der Waals surface area contributed by atoms with Crippen molar-refractivity contribution < 1.29 is 9.32 Å². The number of H-pyrrole nitrogens is 1. The molecule has 0 bridgehead atoms. The van der Waals surface area contributed by atoms with Gasteiger partial charge >= 0.3 is 6.03 Å². The fourth-order valence-corrected chi connectivity index (χ4v) is 4.24. The van der Waals surface area contributed by atoms with Crippen LogP contribution in [0.2, 0.25) is 10.3 Å². The Kier molecular flexibility index (Phi) is 7.35. The molecule has 2 aromatic heterocycles. The van der Waals surface area contributed by atoms with Crippen LogP contribution >= 0.6 is 23.2 Å². The van der Waals surface area contributed by atoms with Crippen LogP contribution in [0.15, 0.2) is 35.4 Å². The number of amides is 2. The van der Waals surface area contributed by atoms with E-state index in [-0.39, 0.29) is 11.3 Å². The molecule has 0 saturated carbocycles. The van der Waals surface area contributed by atoms with E-state index >= 15 is 0 Å². The van der Waals surface area contributed by atoms with Crippen molar-refractivity contribution in [1.82, 2.24) is 25.0 Å². The molecule has 0 atom stereocenters. The highest BCUT2D eigenvalue weighted by atomic mass is 35.5. The molecule has 0 spiro atoms. The van der Waals surface area contributed by atoms with Crippen molar-refractivity contribution in [2.24, 2.45) is 0 Å². The number of anilines is 1. The Labute approximate surface area is 202 Å². The summed E-state index contributed by atoms with van der Waals surface area (Å²) in [5.74, 6) is 1.68. The van der Waals surface area contributed by atoms with E-state index < -0.39 is 0 Å². The normalized spacial score (nSPS) is 13.7. The van der Waals surface area contributed by atoms with Gasteiger partial charge in [0.15, 0.2) is 11.6 Å². The minimum absolute atomic E-state index is 0.140. The number of aromatic nitrogens is 4. The molecule has 1 N–H and O–H groups in total. The third-order valence-electron chi connectivity index (χ3n) is 5.51. The maximum absolute atomic E-state index is 13.2. The number of benzene rings is 1. The number of hydrogen-bond acceptors (Lipinski definition) is 5. The van der Waals surface area contributed by atoms with Crippen molar-refractivity contribution in [2.45, 2.75) is 45.4 Å². The molecular formula is C23H26Cl2N6O2. The Morgan fingerprint density at radius 2 is 1.94 bits per heavy atom. The van der Waals surface area contributed by atoms with Crippen LogP contribution in [-0.2, 0) is 12.8 Å². The van der Waals surface area contributed by atoms with Gasteiger partial charge in [0.2, 0.25) is 11.2 Å². The third-order valence-corrected chi connectivity index (χ3v) is 5.92. The van der Waals surface area contributed by atoms with E-state index in [4.69, 9.17) is 27.7 Å². The average Bonchev–Trinajstić information content (AvgIpc) is 3.39. The minimum atomic E-state index is -0.140. The van der Waals surface area contributed by atoms with Crippen LogP contribution in [0.5, 0.6) is 0 Å². The molecule has 33 heavy (non-hydrogen) atoms. The van der Waals surface area contributed by atoms with E-state index in [9.17, 15) is 4.79 Å². The van der Waals surface area contributed by atoms with Gasteiger partial charge in [0.25, 0.3) is 0 Å². The summed E-state index contributed by atoms with van der Waals surface area (Å²) in [5.41, 5.74) is 2.26. The van der Waals surface area contributed by atoms with Crippen molar-refractivity contribution in [3.63, 3.8) is 0 Å². The molecular weight excluding hydrogens is 463 g/mol. The summed E-state index contributed by atoms with van der Waals surface area (Å²) in [6, 6.07) is 7.43. The average molecular weight is 489 g/mol. The van der Waals surface area contributed by atoms with Gasteiger partial charge in [-0.3, -0.25) is 9.80 Å². The first-order valence-corrected chi connectivity index (χ1v) is 11.8. The highest BCUT2D eigenvalue weighted by Gasteiger charge is 2.35. The topological polar surface area (TPSA) is 91.2 Å². The minimum Gasteiger partial charge on any atom is -0.339 e. The number of unbranched alkanes of at least 4 members (excludes halogenated alkanes) is 2. The summed E-state index contributed by atoms with van der Waals surface area (Å²) in [7, 11) is 0. The molecule has 0 radical (unpaired) electrons. The van der Waals surface area contributed by atoms with Crippen molar-refractivity contribution in [3.8, 4) is 0 Å². The number of carbonyl (C=O) groups excluding carboxylic acids is 1. The number of carbonyl (C=O) groups is 1. The predicted molar refractivity (Wildman–Crippen MR) is 128 cm³/mol. The number of nitrogens with zero attached hydrogens (tertiary/aromatic N) is 5. The van der Waals surface area contributed by atoms with Gasteiger partial charge in [0.1, 0.15) is 5.69 Å². The quantitative estimate of drug-likeness (QED) is 0.368. The summed E-state index contributed by atoms with van der Waals surface area (Å²) in [6.45, 7) is 7.27. The van der Waals surface area contributed by atoms with Crippen LogP contribution in [0, 0.1) is 0 Å². The lowest BCUT2D eigenvalue weighted by Gasteiger charge is -2.35. The van der Waals surface area contributed by atoms with E-state index in [2.05, 4.69) is 33.6 Å². The molecule has 3 aromatic rings. The maximum atomic E-state index is 13.2. The lowest BCUT2D eigenvalue weighted by molar-refractivity contribution is 0.221. The first kappa shape index (κ1) is 23.3. The standard InChI is InChI=1S/C23H26Cl2N6O2/c1-3-4-5-11-31-21-20(27-22(25)28-21)15(2)30(23(31)32)12-7-10-19-26-18(29-33-19)14-16-8-6-9-17(24)13-16/h6,8-9,13H,2-5,7,10-12,14H2,1H3,(H,27,28). The number of halogens is 2. The fraction of sp³-hybridized carbons (Fsp3) is 0.391. The van der Waals surface area contributed by atoms with Crippen molar-refractivity contribution >= 4 is 40.7 Å². The molecule has 8 nitrogen and oxygen atoms in total. The van der Waals surface area contributed by atoms with Gasteiger partial charge in [-0.05, 0) is 42.1 Å². The van der Waals surface area contributed by atoms with Crippen molar-refractivity contribution in [3.05, 3.63) is 64.1 Å². The van der Waals surface area contributed by atoms with Gasteiger partial charge in [-0.2, -0.15) is 9.97 Å². The fourth-order valence-electron chi connectivity index (χ4n) is 3.85. The van der Waals surface area contributed by atoms with Gasteiger partial charge < -0.3 is 9.51 Å². The van der Waals surface area contributed by atoms with Gasteiger partial charge in [-0.1, -0.05) is 55.2 Å². The first-order chi connectivity index (χ1) is 16.0. The molecule has 0 saturated heterocycles. The number of nitrogens with one attached hydrogen (secondary N) is 1. The summed E-state index contributed by atoms with van der Waals surface area (Å²) in [5, 5.41) is 4.98. The highest BCUT2D eigenvalue weighted by Crippen LogP contribution is 2.34. The number of imidazole rings is 1. The molecule has 174 valence electrons. The van der Waals surface area contributed by atoms with E-state index in [1.54, 1.807) is 9.80 Å². The Hall–Kier alpha value is -2.84. The van der Waals surface area contributed by atoms with Gasteiger partial charge in [0, 0.05) is 31.0 Å². The van der Waals surface area contributed by atoms with Gasteiger partial charge in [-0.25, -0.2) is 4.79 Å². The zero-order valence-electron chi connectivity index (χ0n) is 18.5.